The quantitative estimate of drug-likeness (QED) is 0.811. The van der Waals surface area contributed by atoms with Crippen LogP contribution in [0.1, 0.15) is 6.92 Å². The lowest BCUT2D eigenvalue weighted by molar-refractivity contribution is -0.139. The van der Waals surface area contributed by atoms with Gasteiger partial charge in [-0.3, -0.25) is 4.79 Å². The zero-order chi connectivity index (χ0) is 14.0. The van der Waals surface area contributed by atoms with E-state index in [0.29, 0.717) is 5.02 Å². The van der Waals surface area contributed by atoms with Crippen molar-refractivity contribution in [3.63, 3.8) is 0 Å². The maximum Gasteiger partial charge on any atom is 0.325 e. The Morgan fingerprint density at radius 3 is 2.33 bits per heavy atom. The molecule has 1 aromatic rings. The lowest BCUT2D eigenvalue weighted by atomic mass is 10.2. The van der Waals surface area contributed by atoms with E-state index in [1.807, 2.05) is 0 Å². The van der Waals surface area contributed by atoms with Crippen molar-refractivity contribution in [2.75, 3.05) is 6.54 Å². The summed E-state index contributed by atoms with van der Waals surface area (Å²) in [4.78, 5) is 9.03. The number of alkyl halides is 1. The molecule has 0 aliphatic carbocycles. The number of sulfonamides is 1. The number of nitrogens with one attached hydrogen (secondary N) is 1. The highest BCUT2D eigenvalue weighted by Gasteiger charge is 2.32. The van der Waals surface area contributed by atoms with Gasteiger partial charge in [-0.1, -0.05) is 11.6 Å². The largest absolute Gasteiger partial charge is 0.480 e. The van der Waals surface area contributed by atoms with E-state index in [1.165, 1.54) is 31.2 Å². The Labute approximate surface area is 115 Å². The van der Waals surface area contributed by atoms with E-state index in [-0.39, 0.29) is 4.90 Å². The van der Waals surface area contributed by atoms with E-state index >= 15 is 0 Å². The predicted octanol–water partition coefficient (Wildman–Crippen LogP) is 1.70. The fourth-order valence-electron chi connectivity index (χ4n) is 1.00. The van der Waals surface area contributed by atoms with E-state index < -0.39 is 27.4 Å². The molecule has 1 rings (SSSR count). The molecule has 2 N–H and O–H groups in total. The van der Waals surface area contributed by atoms with E-state index in [4.69, 9.17) is 28.3 Å². The smallest absolute Gasteiger partial charge is 0.325 e. The molecule has 0 saturated carbocycles. The molecule has 0 heterocycles. The Bertz CT molecular complexity index is 540. The molecule has 0 amide bonds. The molecule has 0 fully saturated rings. The lowest BCUT2D eigenvalue weighted by Gasteiger charge is -2.17. The molecule has 0 radical (unpaired) electrons. The number of halogens is 2. The Morgan fingerprint density at radius 1 is 1.39 bits per heavy atom. The van der Waals surface area contributed by atoms with Gasteiger partial charge in [-0.2, -0.15) is 0 Å². The summed E-state index contributed by atoms with van der Waals surface area (Å²) in [5, 5.41) is 9.17. The van der Waals surface area contributed by atoms with Crippen molar-refractivity contribution in [3.05, 3.63) is 29.3 Å². The monoisotopic (exact) mass is 311 g/mol. The summed E-state index contributed by atoms with van der Waals surface area (Å²) in [6.07, 6.45) is 0. The van der Waals surface area contributed by atoms with Crippen LogP contribution in [0, 0.1) is 0 Å². The third-order valence-corrected chi connectivity index (χ3v) is 4.13. The molecule has 0 aromatic heterocycles. The van der Waals surface area contributed by atoms with Crippen LogP contribution >= 0.6 is 23.2 Å². The average Bonchev–Trinajstić information content (AvgIpc) is 2.27. The predicted molar refractivity (Wildman–Crippen MR) is 68.5 cm³/mol. The van der Waals surface area contributed by atoms with Gasteiger partial charge in [-0.15, -0.1) is 11.6 Å². The zero-order valence-corrected chi connectivity index (χ0v) is 11.7. The van der Waals surface area contributed by atoms with Crippen LogP contribution < -0.4 is 4.72 Å². The molecule has 100 valence electrons. The third kappa shape index (κ3) is 3.84. The Balaban J connectivity index is 2.84. The molecule has 0 aliphatic rings. The first-order valence-electron chi connectivity index (χ1n) is 4.83. The molecule has 0 bridgehead atoms. The van der Waals surface area contributed by atoms with Crippen molar-refractivity contribution in [1.29, 1.82) is 0 Å². The molecule has 1 unspecified atom stereocenters. The minimum absolute atomic E-state index is 0.00949. The van der Waals surface area contributed by atoms with Crippen LogP contribution in [0.15, 0.2) is 29.2 Å². The number of hydrogen-bond donors (Lipinski definition) is 2. The first kappa shape index (κ1) is 15.2. The molecule has 0 saturated heterocycles. The fourth-order valence-corrected chi connectivity index (χ4v) is 2.42. The Kier molecular flexibility index (Phi) is 4.61. The average molecular weight is 312 g/mol. The maximum absolute atomic E-state index is 11.8. The second-order valence-electron chi connectivity index (χ2n) is 3.78. The molecule has 18 heavy (non-hydrogen) atoms. The van der Waals surface area contributed by atoms with Crippen LogP contribution in [-0.4, -0.2) is 30.9 Å². The highest BCUT2D eigenvalue weighted by Crippen LogP contribution is 2.17. The minimum Gasteiger partial charge on any atom is -0.480 e. The van der Waals surface area contributed by atoms with E-state index in [0.717, 1.165) is 0 Å². The van der Waals surface area contributed by atoms with Gasteiger partial charge in [0.2, 0.25) is 10.0 Å². The molecule has 1 atom stereocenters. The number of rotatable bonds is 5. The molecular formula is C10H11Cl2NO4S. The van der Waals surface area contributed by atoms with Crippen LogP contribution in [0.5, 0.6) is 0 Å². The van der Waals surface area contributed by atoms with Crippen LogP contribution in [-0.2, 0) is 14.8 Å². The summed E-state index contributed by atoms with van der Waals surface area (Å²) >= 11 is 11.3. The summed E-state index contributed by atoms with van der Waals surface area (Å²) in [7, 11) is -3.80. The normalized spacial score (nSPS) is 15.1. The number of carboxylic acids is 1. The first-order chi connectivity index (χ1) is 8.15. The first-order valence-corrected chi connectivity index (χ1v) is 7.06. The Hall–Kier alpha value is -0.820. The number of carboxylic acid groups (broad SMARTS) is 1. The van der Waals surface area contributed by atoms with Gasteiger partial charge in [-0.05, 0) is 31.2 Å². The minimum atomic E-state index is -3.80. The van der Waals surface area contributed by atoms with Crippen LogP contribution in [0.3, 0.4) is 0 Å². The van der Waals surface area contributed by atoms with Gasteiger partial charge in [0.25, 0.3) is 0 Å². The number of benzene rings is 1. The van der Waals surface area contributed by atoms with Gasteiger partial charge < -0.3 is 5.11 Å². The molecular weight excluding hydrogens is 301 g/mol. The van der Waals surface area contributed by atoms with Gasteiger partial charge in [0, 0.05) is 11.6 Å². The van der Waals surface area contributed by atoms with E-state index in [1.54, 1.807) is 0 Å². The maximum atomic E-state index is 11.8. The SMILES string of the molecule is CC(Cl)(CNS(=O)(=O)c1ccc(Cl)cc1)C(=O)O. The number of carbonyl (C=O) groups is 1. The van der Waals surface area contributed by atoms with Crippen LogP contribution in [0.25, 0.3) is 0 Å². The van der Waals surface area contributed by atoms with Crippen LogP contribution in [0.4, 0.5) is 0 Å². The van der Waals surface area contributed by atoms with Crippen molar-refractivity contribution >= 4 is 39.2 Å². The summed E-state index contributed by atoms with van der Waals surface area (Å²) in [5.74, 6) is -1.30. The number of hydrogen-bond acceptors (Lipinski definition) is 3. The van der Waals surface area contributed by atoms with Gasteiger partial charge in [0.05, 0.1) is 4.90 Å². The molecule has 0 spiro atoms. The van der Waals surface area contributed by atoms with E-state index in [2.05, 4.69) is 4.72 Å². The van der Waals surface area contributed by atoms with Crippen molar-refractivity contribution in [3.8, 4) is 0 Å². The highest BCUT2D eigenvalue weighted by molar-refractivity contribution is 7.89. The van der Waals surface area contributed by atoms with E-state index in [9.17, 15) is 13.2 Å². The van der Waals surface area contributed by atoms with Crippen molar-refractivity contribution in [2.45, 2.75) is 16.7 Å². The topological polar surface area (TPSA) is 83.5 Å². The van der Waals surface area contributed by atoms with Crippen molar-refractivity contribution in [1.82, 2.24) is 4.72 Å². The molecule has 1 aromatic carbocycles. The zero-order valence-electron chi connectivity index (χ0n) is 9.35. The standard InChI is InChI=1S/C10H11Cl2NO4S/c1-10(12,9(14)15)6-13-18(16,17)8-4-2-7(11)3-5-8/h2-5,13H,6H2,1H3,(H,14,15). The van der Waals surface area contributed by atoms with Crippen LogP contribution in [0.2, 0.25) is 5.02 Å². The second kappa shape index (κ2) is 5.44. The van der Waals surface area contributed by atoms with Gasteiger partial charge in [-0.25, -0.2) is 13.1 Å². The second-order valence-corrected chi connectivity index (χ2v) is 6.82. The fraction of sp³-hybridized carbons (Fsp3) is 0.300. The lowest BCUT2D eigenvalue weighted by Crippen LogP contribution is -2.42. The summed E-state index contributed by atoms with van der Waals surface area (Å²) in [6, 6.07) is 5.48. The van der Waals surface area contributed by atoms with Gasteiger partial charge in [0.15, 0.2) is 4.87 Å². The third-order valence-electron chi connectivity index (χ3n) is 2.16. The summed E-state index contributed by atoms with van der Waals surface area (Å²) in [6.45, 7) is 0.788. The Morgan fingerprint density at radius 2 is 1.89 bits per heavy atom. The summed E-state index contributed by atoms with van der Waals surface area (Å²) in [5.41, 5.74) is 0. The molecule has 0 aliphatic heterocycles. The molecule has 5 nitrogen and oxygen atoms in total. The highest BCUT2D eigenvalue weighted by atomic mass is 35.5. The molecule has 8 heteroatoms. The number of aliphatic carboxylic acids is 1. The van der Waals surface area contributed by atoms with Gasteiger partial charge in [0.1, 0.15) is 0 Å². The van der Waals surface area contributed by atoms with Crippen molar-refractivity contribution < 1.29 is 18.3 Å². The van der Waals surface area contributed by atoms with Crippen molar-refractivity contribution in [2.24, 2.45) is 0 Å². The summed E-state index contributed by atoms with van der Waals surface area (Å²) < 4.78 is 25.7. The van der Waals surface area contributed by atoms with Gasteiger partial charge >= 0.3 is 5.97 Å².